The van der Waals surface area contributed by atoms with Gasteiger partial charge in [0.25, 0.3) is 0 Å². The predicted octanol–water partition coefficient (Wildman–Crippen LogP) is 4.70. The van der Waals surface area contributed by atoms with Crippen molar-refractivity contribution >= 4 is 23.4 Å². The van der Waals surface area contributed by atoms with E-state index in [4.69, 9.17) is 11.6 Å². The molecule has 0 radical (unpaired) electrons. The molecule has 33 heavy (non-hydrogen) atoms. The fourth-order valence-electron chi connectivity index (χ4n) is 4.08. The summed E-state index contributed by atoms with van der Waals surface area (Å²) in [4.78, 5) is 28.7. The molecule has 0 amide bonds. The van der Waals surface area contributed by atoms with Crippen LogP contribution in [0.5, 0.6) is 0 Å². The van der Waals surface area contributed by atoms with Gasteiger partial charge >= 0.3 is 5.97 Å². The molecule has 0 aliphatic heterocycles. The molecular formula is C25H28ClFN2O4. The van der Waals surface area contributed by atoms with Gasteiger partial charge in [0.1, 0.15) is 22.8 Å². The quantitative estimate of drug-likeness (QED) is 0.448. The lowest BCUT2D eigenvalue weighted by Gasteiger charge is -2.25. The highest BCUT2D eigenvalue weighted by Gasteiger charge is 2.28. The Bertz CT molecular complexity index is 1070. The zero-order chi connectivity index (χ0) is 24.2. The maximum absolute atomic E-state index is 13.3. The Labute approximate surface area is 197 Å². The van der Waals surface area contributed by atoms with Crippen molar-refractivity contribution in [3.05, 3.63) is 52.3 Å². The smallest absolute Gasteiger partial charge is 0.306 e. The summed E-state index contributed by atoms with van der Waals surface area (Å²) in [6.07, 6.45) is 3.72. The van der Waals surface area contributed by atoms with Crippen molar-refractivity contribution in [1.29, 1.82) is 0 Å². The zero-order valence-electron chi connectivity index (χ0n) is 18.8. The molecule has 0 saturated heterocycles. The van der Waals surface area contributed by atoms with Crippen LogP contribution >= 0.6 is 11.6 Å². The lowest BCUT2D eigenvalue weighted by atomic mass is 9.79. The van der Waals surface area contributed by atoms with E-state index >= 15 is 0 Å². The Morgan fingerprint density at radius 3 is 2.42 bits per heavy atom. The maximum atomic E-state index is 13.3. The molecule has 1 aromatic heterocycles. The number of nitrogens with zero attached hydrogens (tertiary/aromatic N) is 2. The number of carboxylic acids is 1. The van der Waals surface area contributed by atoms with Crippen molar-refractivity contribution in [2.75, 3.05) is 0 Å². The summed E-state index contributed by atoms with van der Waals surface area (Å²) in [7, 11) is 0. The summed E-state index contributed by atoms with van der Waals surface area (Å²) in [6.45, 7) is 3.29. The lowest BCUT2D eigenvalue weighted by molar-refractivity contribution is -0.143. The first kappa shape index (κ1) is 24.9. The van der Waals surface area contributed by atoms with Gasteiger partial charge < -0.3 is 14.8 Å². The maximum Gasteiger partial charge on any atom is 0.306 e. The third-order valence-electron chi connectivity index (χ3n) is 5.90. The molecular weight excluding hydrogens is 447 g/mol. The van der Waals surface area contributed by atoms with E-state index in [1.165, 1.54) is 26.0 Å². The number of ketones is 1. The van der Waals surface area contributed by atoms with E-state index in [0.29, 0.717) is 25.2 Å². The molecule has 2 N–H and O–H groups in total. The number of aliphatic carboxylic acids is 1. The van der Waals surface area contributed by atoms with E-state index < -0.39 is 11.6 Å². The molecule has 1 heterocycles. The Balaban J connectivity index is 1.82. The normalized spacial score (nSPS) is 18.5. The van der Waals surface area contributed by atoms with Crippen LogP contribution in [-0.2, 0) is 11.3 Å². The number of halogens is 2. The topological polar surface area (TPSA) is 92.4 Å². The molecule has 0 spiro atoms. The second kappa shape index (κ2) is 10.5. The molecule has 1 saturated carbocycles. The van der Waals surface area contributed by atoms with Gasteiger partial charge in [0.05, 0.1) is 12.5 Å². The van der Waals surface area contributed by atoms with Gasteiger partial charge in [-0.15, -0.1) is 0 Å². The third kappa shape index (κ3) is 6.89. The molecule has 2 aromatic rings. The van der Waals surface area contributed by atoms with Gasteiger partial charge in [0, 0.05) is 6.42 Å². The van der Waals surface area contributed by atoms with Gasteiger partial charge in [-0.25, -0.2) is 9.37 Å². The third-order valence-corrected chi connectivity index (χ3v) is 6.19. The minimum atomic E-state index is -1.27. The second-order valence-electron chi connectivity index (χ2n) is 9.12. The lowest BCUT2D eigenvalue weighted by Crippen LogP contribution is -2.22. The van der Waals surface area contributed by atoms with E-state index in [9.17, 15) is 24.2 Å². The first-order chi connectivity index (χ1) is 15.5. The average molecular weight is 475 g/mol. The van der Waals surface area contributed by atoms with Gasteiger partial charge in [-0.1, -0.05) is 18.1 Å². The SMILES string of the molecule is CC(C)(O)C#Cc1nc(Cl)n(Cc2ccc(F)cc2)c1C(=O)CCC1CCC(C(=O)O)CC1. The Hall–Kier alpha value is -2.69. The first-order valence-electron chi connectivity index (χ1n) is 11.1. The number of carbonyl (C=O) groups is 2. The molecule has 1 aliphatic rings. The van der Waals surface area contributed by atoms with E-state index in [0.717, 1.165) is 18.4 Å². The molecule has 176 valence electrons. The number of carboxylic acid groups (broad SMARTS) is 1. The van der Waals surface area contributed by atoms with E-state index in [-0.39, 0.29) is 47.2 Å². The van der Waals surface area contributed by atoms with Crippen molar-refractivity contribution < 1.29 is 24.2 Å². The monoisotopic (exact) mass is 474 g/mol. The minimum Gasteiger partial charge on any atom is -0.481 e. The average Bonchev–Trinajstić information content (AvgIpc) is 3.07. The van der Waals surface area contributed by atoms with Crippen molar-refractivity contribution in [1.82, 2.24) is 9.55 Å². The molecule has 0 unspecified atom stereocenters. The number of carbonyl (C=O) groups excluding carboxylic acids is 1. The Kier molecular flexibility index (Phi) is 7.93. The highest BCUT2D eigenvalue weighted by Crippen LogP contribution is 2.32. The Morgan fingerprint density at radius 1 is 1.21 bits per heavy atom. The number of rotatable bonds is 7. The molecule has 8 heteroatoms. The number of benzene rings is 1. The van der Waals surface area contributed by atoms with Crippen molar-refractivity contribution in [3.8, 4) is 11.8 Å². The van der Waals surface area contributed by atoms with Crippen molar-refractivity contribution in [2.45, 2.75) is 64.5 Å². The van der Waals surface area contributed by atoms with Gasteiger partial charge in [-0.2, -0.15) is 0 Å². The number of hydrogen-bond acceptors (Lipinski definition) is 4. The van der Waals surface area contributed by atoms with Crippen LogP contribution < -0.4 is 0 Å². The van der Waals surface area contributed by atoms with Crippen LogP contribution in [0.4, 0.5) is 4.39 Å². The minimum absolute atomic E-state index is 0.0877. The number of aliphatic hydroxyl groups is 1. The van der Waals surface area contributed by atoms with Crippen molar-refractivity contribution in [2.24, 2.45) is 11.8 Å². The largest absolute Gasteiger partial charge is 0.481 e. The van der Waals surface area contributed by atoms with E-state index in [2.05, 4.69) is 16.8 Å². The van der Waals surface area contributed by atoms with Crippen LogP contribution in [0.3, 0.4) is 0 Å². The van der Waals surface area contributed by atoms with E-state index in [1.54, 1.807) is 16.7 Å². The number of aromatic nitrogens is 2. The van der Waals surface area contributed by atoms with Crippen LogP contribution in [0.25, 0.3) is 0 Å². The molecule has 0 atom stereocenters. The number of imidazole rings is 1. The standard InChI is InChI=1S/C25H28ClFN2O4/c1-25(2,33)14-13-20-22(21(30)12-7-16-3-8-18(9-4-16)23(31)32)29(24(26)28-20)15-17-5-10-19(27)11-6-17/h5-6,10-11,16,18,33H,3-4,7-9,12,15H2,1-2H3,(H,31,32). The summed E-state index contributed by atoms with van der Waals surface area (Å²) in [5.41, 5.74) is -0.0566. The summed E-state index contributed by atoms with van der Waals surface area (Å²) < 4.78 is 14.9. The van der Waals surface area contributed by atoms with Gasteiger partial charge in [0.2, 0.25) is 5.28 Å². The van der Waals surface area contributed by atoms with Crippen LogP contribution in [0.1, 0.15) is 74.1 Å². The summed E-state index contributed by atoms with van der Waals surface area (Å²) in [5, 5.41) is 19.2. The fraction of sp³-hybridized carbons (Fsp3) is 0.480. The predicted molar refractivity (Wildman–Crippen MR) is 123 cm³/mol. The highest BCUT2D eigenvalue weighted by atomic mass is 35.5. The summed E-state index contributed by atoms with van der Waals surface area (Å²) in [6, 6.07) is 5.90. The van der Waals surface area contributed by atoms with Crippen LogP contribution in [0, 0.1) is 29.5 Å². The number of hydrogen-bond donors (Lipinski definition) is 2. The summed E-state index contributed by atoms with van der Waals surface area (Å²) >= 11 is 6.36. The molecule has 6 nitrogen and oxygen atoms in total. The molecule has 1 fully saturated rings. The van der Waals surface area contributed by atoms with Crippen LogP contribution in [0.2, 0.25) is 5.28 Å². The van der Waals surface area contributed by atoms with Crippen molar-refractivity contribution in [3.63, 3.8) is 0 Å². The fourth-order valence-corrected chi connectivity index (χ4v) is 4.30. The van der Waals surface area contributed by atoms with E-state index in [1.807, 2.05) is 0 Å². The van der Waals surface area contributed by atoms with Gasteiger partial charge in [-0.3, -0.25) is 9.59 Å². The molecule has 0 bridgehead atoms. The first-order valence-corrected chi connectivity index (χ1v) is 11.4. The van der Waals surface area contributed by atoms with Crippen LogP contribution in [-0.4, -0.2) is 37.1 Å². The highest BCUT2D eigenvalue weighted by molar-refractivity contribution is 6.29. The summed E-state index contributed by atoms with van der Waals surface area (Å²) in [5.74, 6) is 4.18. The Morgan fingerprint density at radius 2 is 1.85 bits per heavy atom. The zero-order valence-corrected chi connectivity index (χ0v) is 19.5. The molecule has 1 aromatic carbocycles. The number of Topliss-reactive ketones (excluding diaryl/α,β-unsaturated/α-hetero) is 1. The van der Waals surface area contributed by atoms with Crippen LogP contribution in [0.15, 0.2) is 24.3 Å². The second-order valence-corrected chi connectivity index (χ2v) is 9.46. The van der Waals surface area contributed by atoms with Gasteiger partial charge in [-0.05, 0) is 87.1 Å². The molecule has 1 aliphatic carbocycles. The van der Waals surface area contributed by atoms with Gasteiger partial charge in [0.15, 0.2) is 5.78 Å². The molecule has 3 rings (SSSR count).